The van der Waals surface area contributed by atoms with Gasteiger partial charge in [0.1, 0.15) is 11.6 Å². The van der Waals surface area contributed by atoms with E-state index < -0.39 is 11.6 Å². The van der Waals surface area contributed by atoms with Crippen molar-refractivity contribution in [3.63, 3.8) is 0 Å². The molecule has 0 heterocycles. The Morgan fingerprint density at radius 1 is 0.800 bits per heavy atom. The fraction of sp³-hybridized carbons (Fsp3) is 0.308. The molecule has 0 saturated heterocycles. The number of halogens is 3. The highest BCUT2D eigenvalue weighted by Gasteiger charge is 2.11. The standard InChI is InChI=1S/C26H27F3O/c1-3-4-5-16-30-22-14-15-23(24(27)17-22)20-11-7-19(8-12-20)9-13-21-10-6-18(2)25(28)26(21)29/h6-8,10-12,14-15,17H,3-5,9,13,16H2,1-2H3. The van der Waals surface area contributed by atoms with E-state index in [9.17, 15) is 13.2 Å². The number of hydrogen-bond donors (Lipinski definition) is 0. The van der Waals surface area contributed by atoms with Gasteiger partial charge in [-0.2, -0.15) is 0 Å². The van der Waals surface area contributed by atoms with Gasteiger partial charge in [0, 0.05) is 11.6 Å². The van der Waals surface area contributed by atoms with Crippen LogP contribution >= 0.6 is 0 Å². The van der Waals surface area contributed by atoms with Crippen LogP contribution in [0.2, 0.25) is 0 Å². The molecule has 0 spiro atoms. The minimum atomic E-state index is -0.781. The predicted octanol–water partition coefficient (Wildman–Crippen LogP) is 7.43. The van der Waals surface area contributed by atoms with E-state index in [0.29, 0.717) is 41.9 Å². The molecular weight excluding hydrogens is 385 g/mol. The summed E-state index contributed by atoms with van der Waals surface area (Å²) >= 11 is 0. The van der Waals surface area contributed by atoms with E-state index >= 15 is 0 Å². The SMILES string of the molecule is CCCCCOc1ccc(-c2ccc(CCc3ccc(C)c(F)c3F)cc2)c(F)c1. The van der Waals surface area contributed by atoms with E-state index in [4.69, 9.17) is 4.74 Å². The molecule has 0 unspecified atom stereocenters. The number of aryl methyl sites for hydroxylation is 3. The van der Waals surface area contributed by atoms with Crippen LogP contribution in [0.1, 0.15) is 42.9 Å². The maximum atomic E-state index is 14.5. The van der Waals surface area contributed by atoms with Crippen molar-refractivity contribution in [3.8, 4) is 16.9 Å². The Morgan fingerprint density at radius 3 is 2.27 bits per heavy atom. The Kier molecular flexibility index (Phi) is 7.56. The van der Waals surface area contributed by atoms with Crippen molar-refractivity contribution in [2.24, 2.45) is 0 Å². The number of rotatable bonds is 9. The van der Waals surface area contributed by atoms with Crippen LogP contribution in [-0.2, 0) is 12.8 Å². The smallest absolute Gasteiger partial charge is 0.162 e. The Balaban J connectivity index is 1.63. The normalized spacial score (nSPS) is 11.0. The van der Waals surface area contributed by atoms with E-state index in [1.807, 2.05) is 24.3 Å². The second-order valence-corrected chi connectivity index (χ2v) is 7.56. The molecule has 0 saturated carbocycles. The Morgan fingerprint density at radius 2 is 1.57 bits per heavy atom. The molecule has 0 aromatic heterocycles. The quantitative estimate of drug-likeness (QED) is 0.332. The summed E-state index contributed by atoms with van der Waals surface area (Å²) in [6.45, 7) is 4.26. The lowest BCUT2D eigenvalue weighted by Crippen LogP contribution is -1.99. The van der Waals surface area contributed by atoms with Gasteiger partial charge in [-0.25, -0.2) is 13.2 Å². The lowest BCUT2D eigenvalue weighted by molar-refractivity contribution is 0.305. The summed E-state index contributed by atoms with van der Waals surface area (Å²) in [5, 5.41) is 0. The molecule has 3 aromatic rings. The van der Waals surface area contributed by atoms with Gasteiger partial charge in [-0.05, 0) is 60.6 Å². The summed E-state index contributed by atoms with van der Waals surface area (Å²) in [6.07, 6.45) is 4.15. The number of benzene rings is 3. The van der Waals surface area contributed by atoms with Gasteiger partial charge in [0.2, 0.25) is 0 Å². The van der Waals surface area contributed by atoms with E-state index in [1.54, 1.807) is 31.2 Å². The largest absolute Gasteiger partial charge is 0.493 e. The zero-order chi connectivity index (χ0) is 21.5. The molecule has 30 heavy (non-hydrogen) atoms. The lowest BCUT2D eigenvalue weighted by atomic mass is 9.99. The number of hydrogen-bond acceptors (Lipinski definition) is 1. The van der Waals surface area contributed by atoms with Crippen LogP contribution in [0.15, 0.2) is 54.6 Å². The van der Waals surface area contributed by atoms with Gasteiger partial charge in [-0.15, -0.1) is 0 Å². The molecular formula is C26H27F3O. The van der Waals surface area contributed by atoms with Gasteiger partial charge >= 0.3 is 0 Å². The van der Waals surface area contributed by atoms with Crippen molar-refractivity contribution in [1.82, 2.24) is 0 Å². The third kappa shape index (κ3) is 5.44. The van der Waals surface area contributed by atoms with Crippen molar-refractivity contribution in [2.45, 2.75) is 46.0 Å². The molecule has 3 rings (SSSR count). The predicted molar refractivity (Wildman–Crippen MR) is 115 cm³/mol. The fourth-order valence-electron chi connectivity index (χ4n) is 3.37. The van der Waals surface area contributed by atoms with Crippen LogP contribution in [-0.4, -0.2) is 6.61 Å². The summed E-state index contributed by atoms with van der Waals surface area (Å²) in [5.41, 5.74) is 2.92. The zero-order valence-corrected chi connectivity index (χ0v) is 17.5. The highest BCUT2D eigenvalue weighted by atomic mass is 19.2. The first-order chi connectivity index (χ1) is 14.5. The second kappa shape index (κ2) is 10.3. The highest BCUT2D eigenvalue weighted by molar-refractivity contribution is 5.65. The monoisotopic (exact) mass is 412 g/mol. The molecule has 0 aliphatic rings. The van der Waals surface area contributed by atoms with E-state index in [0.717, 1.165) is 30.4 Å². The molecule has 1 nitrogen and oxygen atoms in total. The molecule has 0 aliphatic carbocycles. The molecule has 158 valence electrons. The second-order valence-electron chi connectivity index (χ2n) is 7.56. The molecule has 0 amide bonds. The van der Waals surface area contributed by atoms with Crippen molar-refractivity contribution in [3.05, 3.63) is 88.7 Å². The van der Waals surface area contributed by atoms with Crippen molar-refractivity contribution >= 4 is 0 Å². The van der Waals surface area contributed by atoms with Crippen LogP contribution in [0.3, 0.4) is 0 Å². The maximum absolute atomic E-state index is 14.5. The Hall–Kier alpha value is -2.75. The first-order valence-corrected chi connectivity index (χ1v) is 10.4. The summed E-state index contributed by atoms with van der Waals surface area (Å²) in [4.78, 5) is 0. The van der Waals surface area contributed by atoms with Gasteiger partial charge in [-0.3, -0.25) is 0 Å². The molecule has 0 fully saturated rings. The van der Waals surface area contributed by atoms with Gasteiger partial charge in [-0.1, -0.05) is 56.2 Å². The number of unbranched alkanes of at least 4 members (excludes halogenated alkanes) is 2. The zero-order valence-electron chi connectivity index (χ0n) is 17.5. The third-order valence-electron chi connectivity index (χ3n) is 5.26. The first-order valence-electron chi connectivity index (χ1n) is 10.4. The topological polar surface area (TPSA) is 9.23 Å². The molecule has 4 heteroatoms. The molecule has 0 bridgehead atoms. The Labute approximate surface area is 176 Å². The van der Waals surface area contributed by atoms with Gasteiger partial charge in [0.05, 0.1) is 6.61 Å². The third-order valence-corrected chi connectivity index (χ3v) is 5.26. The summed E-state index contributed by atoms with van der Waals surface area (Å²) in [6, 6.07) is 15.6. The minimum Gasteiger partial charge on any atom is -0.493 e. The molecule has 3 aromatic carbocycles. The summed E-state index contributed by atoms with van der Waals surface area (Å²) in [7, 11) is 0. The van der Waals surface area contributed by atoms with Crippen LogP contribution < -0.4 is 4.74 Å². The lowest BCUT2D eigenvalue weighted by Gasteiger charge is -2.10. The van der Waals surface area contributed by atoms with Crippen LogP contribution in [0.4, 0.5) is 13.2 Å². The van der Waals surface area contributed by atoms with Crippen molar-refractivity contribution in [2.75, 3.05) is 6.61 Å². The molecule has 0 atom stereocenters. The minimum absolute atomic E-state index is 0.306. The fourth-order valence-corrected chi connectivity index (χ4v) is 3.37. The molecule has 0 aliphatic heterocycles. The summed E-state index contributed by atoms with van der Waals surface area (Å²) < 4.78 is 47.9. The maximum Gasteiger partial charge on any atom is 0.162 e. The van der Waals surface area contributed by atoms with Crippen molar-refractivity contribution in [1.29, 1.82) is 0 Å². The van der Waals surface area contributed by atoms with Gasteiger partial charge in [0.25, 0.3) is 0 Å². The van der Waals surface area contributed by atoms with Crippen LogP contribution in [0, 0.1) is 24.4 Å². The van der Waals surface area contributed by atoms with E-state index in [2.05, 4.69) is 6.92 Å². The first kappa shape index (κ1) is 21.9. The van der Waals surface area contributed by atoms with E-state index in [1.165, 1.54) is 6.07 Å². The van der Waals surface area contributed by atoms with Gasteiger partial charge < -0.3 is 4.74 Å². The van der Waals surface area contributed by atoms with Crippen LogP contribution in [0.5, 0.6) is 5.75 Å². The summed E-state index contributed by atoms with van der Waals surface area (Å²) in [5.74, 6) is -1.34. The van der Waals surface area contributed by atoms with Gasteiger partial charge in [0.15, 0.2) is 11.6 Å². The van der Waals surface area contributed by atoms with E-state index in [-0.39, 0.29) is 5.82 Å². The molecule has 0 radical (unpaired) electrons. The van der Waals surface area contributed by atoms with Crippen molar-refractivity contribution < 1.29 is 17.9 Å². The Bertz CT molecular complexity index is 980. The average molecular weight is 412 g/mol. The number of ether oxygens (including phenoxy) is 1. The van der Waals surface area contributed by atoms with Crippen LogP contribution in [0.25, 0.3) is 11.1 Å². The average Bonchev–Trinajstić information content (AvgIpc) is 2.75. The highest BCUT2D eigenvalue weighted by Crippen LogP contribution is 2.27. The molecule has 0 N–H and O–H groups in total.